The van der Waals surface area contributed by atoms with Gasteiger partial charge in [0.15, 0.2) is 0 Å². The Balaban J connectivity index is 0. The first-order valence-corrected chi connectivity index (χ1v) is 5.46. The summed E-state index contributed by atoms with van der Waals surface area (Å²) in [4.78, 5) is 11.0. The van der Waals surface area contributed by atoms with E-state index in [1.165, 1.54) is 19.3 Å². The molecule has 0 spiro atoms. The molecule has 0 aliphatic heterocycles. The van der Waals surface area contributed by atoms with Crippen LogP contribution >= 0.6 is 12.4 Å². The van der Waals surface area contributed by atoms with Crippen LogP contribution in [0.25, 0.3) is 0 Å². The second-order valence-electron chi connectivity index (χ2n) is 3.38. The van der Waals surface area contributed by atoms with E-state index >= 15 is 0 Å². The van der Waals surface area contributed by atoms with Crippen molar-refractivity contribution in [2.45, 2.75) is 58.8 Å². The molecular weight excluding hydrogens is 200 g/mol. The van der Waals surface area contributed by atoms with Crippen LogP contribution in [-0.2, 0) is 9.53 Å². The second-order valence-corrected chi connectivity index (χ2v) is 3.38. The molecule has 0 aliphatic rings. The summed E-state index contributed by atoms with van der Waals surface area (Å²) in [7, 11) is 0. The molecular formula is C11H23ClO2. The molecule has 0 N–H and O–H groups in total. The van der Waals surface area contributed by atoms with E-state index < -0.39 is 0 Å². The van der Waals surface area contributed by atoms with Crippen molar-refractivity contribution in [1.82, 2.24) is 0 Å². The summed E-state index contributed by atoms with van der Waals surface area (Å²) in [5.41, 5.74) is 0. The predicted octanol–water partition coefficient (Wildman–Crippen LogP) is 3.72. The maximum atomic E-state index is 11.0. The van der Waals surface area contributed by atoms with Crippen molar-refractivity contribution in [3.63, 3.8) is 0 Å². The Morgan fingerprint density at radius 2 is 1.64 bits per heavy atom. The third kappa shape index (κ3) is 11.8. The molecule has 0 rings (SSSR count). The molecule has 0 amide bonds. The van der Waals surface area contributed by atoms with Crippen molar-refractivity contribution in [3.8, 4) is 0 Å². The molecule has 0 aromatic heterocycles. The number of carbonyl (C=O) groups excluding carboxylic acids is 1. The Hall–Kier alpha value is -0.240. The first-order chi connectivity index (χ1) is 6.31. The minimum Gasteiger partial charge on any atom is -0.466 e. The summed E-state index contributed by atoms with van der Waals surface area (Å²) in [6, 6.07) is 0. The van der Waals surface area contributed by atoms with E-state index in [1.54, 1.807) is 0 Å². The van der Waals surface area contributed by atoms with E-state index in [0.717, 1.165) is 19.3 Å². The average Bonchev–Trinajstić information content (AvgIpc) is 2.14. The highest BCUT2D eigenvalue weighted by Crippen LogP contribution is 2.01. The van der Waals surface area contributed by atoms with Gasteiger partial charge in [-0.15, -0.1) is 12.4 Å². The third-order valence-corrected chi connectivity index (χ3v) is 2.00. The van der Waals surface area contributed by atoms with Crippen molar-refractivity contribution in [2.24, 2.45) is 0 Å². The van der Waals surface area contributed by atoms with Crippen LogP contribution in [0.15, 0.2) is 0 Å². The number of carbonyl (C=O) groups is 1. The molecule has 0 aliphatic carbocycles. The van der Waals surface area contributed by atoms with E-state index in [1.807, 2.05) is 0 Å². The van der Waals surface area contributed by atoms with Crippen LogP contribution in [0, 0.1) is 0 Å². The molecule has 0 saturated carbocycles. The zero-order valence-electron chi connectivity index (χ0n) is 9.38. The van der Waals surface area contributed by atoms with E-state index in [9.17, 15) is 4.79 Å². The van der Waals surface area contributed by atoms with Gasteiger partial charge in [0.05, 0.1) is 6.61 Å². The van der Waals surface area contributed by atoms with Crippen LogP contribution in [0.4, 0.5) is 0 Å². The molecule has 2 nitrogen and oxygen atoms in total. The Morgan fingerprint density at radius 3 is 2.21 bits per heavy atom. The number of hydrogen-bond acceptors (Lipinski definition) is 2. The number of unbranched alkanes of at least 4 members (excludes halogenated alkanes) is 4. The fourth-order valence-corrected chi connectivity index (χ4v) is 1.11. The molecule has 0 unspecified atom stereocenters. The topological polar surface area (TPSA) is 26.3 Å². The molecule has 0 aromatic carbocycles. The lowest BCUT2D eigenvalue weighted by Crippen LogP contribution is -2.05. The first-order valence-electron chi connectivity index (χ1n) is 5.46. The van der Waals surface area contributed by atoms with Gasteiger partial charge in [0.25, 0.3) is 0 Å². The highest BCUT2D eigenvalue weighted by Gasteiger charge is 2.00. The van der Waals surface area contributed by atoms with Crippen LogP contribution in [0.5, 0.6) is 0 Å². The van der Waals surface area contributed by atoms with Gasteiger partial charge >= 0.3 is 5.97 Å². The Bertz CT molecular complexity index is 126. The molecule has 0 atom stereocenters. The molecule has 0 saturated heterocycles. The number of esters is 1. The van der Waals surface area contributed by atoms with Gasteiger partial charge in [-0.25, -0.2) is 0 Å². The van der Waals surface area contributed by atoms with Gasteiger partial charge in [-0.3, -0.25) is 4.79 Å². The molecule has 0 fully saturated rings. The van der Waals surface area contributed by atoms with Crippen molar-refractivity contribution in [3.05, 3.63) is 0 Å². The van der Waals surface area contributed by atoms with Crippen LogP contribution < -0.4 is 0 Å². The summed E-state index contributed by atoms with van der Waals surface area (Å²) in [6.07, 6.45) is 7.27. The van der Waals surface area contributed by atoms with Gasteiger partial charge < -0.3 is 4.74 Å². The highest BCUT2D eigenvalue weighted by atomic mass is 35.5. The normalized spacial score (nSPS) is 9.29. The lowest BCUT2D eigenvalue weighted by molar-refractivity contribution is -0.143. The largest absolute Gasteiger partial charge is 0.466 e. The predicted molar refractivity (Wildman–Crippen MR) is 61.9 cm³/mol. The second kappa shape index (κ2) is 12.8. The first kappa shape index (κ1) is 16.2. The Morgan fingerprint density at radius 1 is 1.00 bits per heavy atom. The van der Waals surface area contributed by atoms with Gasteiger partial charge in [-0.2, -0.15) is 0 Å². The molecule has 86 valence electrons. The van der Waals surface area contributed by atoms with Crippen molar-refractivity contribution in [2.75, 3.05) is 6.61 Å². The molecule has 0 aromatic rings. The number of halogens is 1. The van der Waals surface area contributed by atoms with Crippen molar-refractivity contribution < 1.29 is 9.53 Å². The molecule has 0 radical (unpaired) electrons. The molecule has 0 bridgehead atoms. The lowest BCUT2D eigenvalue weighted by atomic mass is 10.2. The van der Waals surface area contributed by atoms with Crippen LogP contribution in [0.3, 0.4) is 0 Å². The van der Waals surface area contributed by atoms with E-state index in [0.29, 0.717) is 13.0 Å². The van der Waals surface area contributed by atoms with Gasteiger partial charge in [0.1, 0.15) is 0 Å². The summed E-state index contributed by atoms with van der Waals surface area (Å²) in [6.45, 7) is 4.87. The Kier molecular flexibility index (Phi) is 14.8. The summed E-state index contributed by atoms with van der Waals surface area (Å²) >= 11 is 0. The van der Waals surface area contributed by atoms with E-state index in [2.05, 4.69) is 13.8 Å². The minimum absolute atomic E-state index is 0. The Labute approximate surface area is 93.8 Å². The maximum Gasteiger partial charge on any atom is 0.305 e. The van der Waals surface area contributed by atoms with Crippen LogP contribution in [-0.4, -0.2) is 12.6 Å². The smallest absolute Gasteiger partial charge is 0.305 e. The quantitative estimate of drug-likeness (QED) is 0.462. The zero-order valence-corrected chi connectivity index (χ0v) is 10.2. The third-order valence-electron chi connectivity index (χ3n) is 2.00. The van der Waals surface area contributed by atoms with Gasteiger partial charge in [0.2, 0.25) is 0 Å². The van der Waals surface area contributed by atoms with Gasteiger partial charge in [-0.1, -0.05) is 39.5 Å². The lowest BCUT2D eigenvalue weighted by Gasteiger charge is -2.03. The van der Waals surface area contributed by atoms with Gasteiger partial charge in [0, 0.05) is 6.42 Å². The molecule has 14 heavy (non-hydrogen) atoms. The van der Waals surface area contributed by atoms with Crippen LogP contribution in [0.2, 0.25) is 0 Å². The fourth-order valence-electron chi connectivity index (χ4n) is 1.11. The minimum atomic E-state index is -0.0293. The van der Waals surface area contributed by atoms with Crippen molar-refractivity contribution in [1.29, 1.82) is 0 Å². The monoisotopic (exact) mass is 222 g/mol. The van der Waals surface area contributed by atoms with E-state index in [4.69, 9.17) is 4.74 Å². The number of hydrogen-bond donors (Lipinski definition) is 0. The molecule has 0 heterocycles. The molecule has 3 heteroatoms. The fraction of sp³-hybridized carbons (Fsp3) is 0.909. The summed E-state index contributed by atoms with van der Waals surface area (Å²) < 4.78 is 5.05. The summed E-state index contributed by atoms with van der Waals surface area (Å²) in [5.74, 6) is -0.0293. The summed E-state index contributed by atoms with van der Waals surface area (Å²) in [5, 5.41) is 0. The number of rotatable bonds is 8. The van der Waals surface area contributed by atoms with E-state index in [-0.39, 0.29) is 18.4 Å². The SMILES string of the molecule is CCCCCCOC(=O)CCCC.Cl. The highest BCUT2D eigenvalue weighted by molar-refractivity contribution is 5.85. The van der Waals surface area contributed by atoms with Crippen molar-refractivity contribution >= 4 is 18.4 Å². The zero-order chi connectivity index (χ0) is 9.94. The standard InChI is InChI=1S/C11H22O2.ClH/c1-3-5-7-8-10-13-11(12)9-6-4-2;/h3-10H2,1-2H3;1H. The van der Waals surface area contributed by atoms with Crippen LogP contribution in [0.1, 0.15) is 58.8 Å². The average molecular weight is 223 g/mol. The van der Waals surface area contributed by atoms with Gasteiger partial charge in [-0.05, 0) is 12.8 Å². The maximum absolute atomic E-state index is 11.0. The number of ether oxygens (including phenoxy) is 1.